The number of aromatic nitrogens is 2. The third kappa shape index (κ3) is 4.27. The van der Waals surface area contributed by atoms with E-state index in [1.807, 2.05) is 24.3 Å². The summed E-state index contributed by atoms with van der Waals surface area (Å²) < 4.78 is 0.875. The maximum atomic E-state index is 12.6. The van der Waals surface area contributed by atoms with Crippen molar-refractivity contribution in [1.82, 2.24) is 9.97 Å². The van der Waals surface area contributed by atoms with Gasteiger partial charge in [0.05, 0.1) is 24.0 Å². The first-order valence-electron chi connectivity index (χ1n) is 8.98. The van der Waals surface area contributed by atoms with Gasteiger partial charge in [0.1, 0.15) is 5.75 Å². The Morgan fingerprint density at radius 2 is 1.90 bits per heavy atom. The molecule has 4 rings (SSSR count). The number of phenols is 1. The van der Waals surface area contributed by atoms with Gasteiger partial charge in [0.15, 0.2) is 5.82 Å². The van der Waals surface area contributed by atoms with E-state index in [1.165, 1.54) is 12.4 Å². The Labute approximate surface area is 175 Å². The van der Waals surface area contributed by atoms with E-state index in [9.17, 15) is 14.7 Å². The van der Waals surface area contributed by atoms with Crippen LogP contribution in [-0.2, 0) is 9.59 Å². The van der Waals surface area contributed by atoms with Gasteiger partial charge in [0.2, 0.25) is 11.8 Å². The number of carbonyl (C=O) groups is 2. The molecule has 0 spiro atoms. The van der Waals surface area contributed by atoms with Crippen LogP contribution in [0.1, 0.15) is 6.42 Å². The number of carbonyl (C=O) groups excluding carboxylic acids is 2. The normalized spacial score (nSPS) is 16.1. The van der Waals surface area contributed by atoms with Crippen molar-refractivity contribution in [3.63, 3.8) is 0 Å². The van der Waals surface area contributed by atoms with Gasteiger partial charge in [-0.3, -0.25) is 9.59 Å². The van der Waals surface area contributed by atoms with E-state index in [0.29, 0.717) is 23.6 Å². The Balaban J connectivity index is 1.42. The van der Waals surface area contributed by atoms with E-state index >= 15 is 0 Å². The number of phenolic OH excluding ortho intramolecular Hbond substituents is 1. The second kappa shape index (κ2) is 8.00. The topological polar surface area (TPSA) is 95.4 Å². The van der Waals surface area contributed by atoms with E-state index in [0.717, 1.165) is 10.2 Å². The van der Waals surface area contributed by atoms with E-state index in [2.05, 4.69) is 31.2 Å². The van der Waals surface area contributed by atoms with Crippen LogP contribution in [0.3, 0.4) is 0 Å². The zero-order chi connectivity index (χ0) is 20.4. The van der Waals surface area contributed by atoms with Gasteiger partial charge in [-0.15, -0.1) is 0 Å². The summed E-state index contributed by atoms with van der Waals surface area (Å²) in [5, 5.41) is 12.3. The van der Waals surface area contributed by atoms with E-state index in [1.54, 1.807) is 29.2 Å². The lowest BCUT2D eigenvalue weighted by Crippen LogP contribution is -2.28. The van der Waals surface area contributed by atoms with Crippen LogP contribution in [0.5, 0.6) is 5.75 Å². The zero-order valence-corrected chi connectivity index (χ0v) is 16.8. The van der Waals surface area contributed by atoms with Crippen molar-refractivity contribution in [1.29, 1.82) is 0 Å². The minimum Gasteiger partial charge on any atom is -0.508 e. The molecule has 1 saturated heterocycles. The predicted molar refractivity (Wildman–Crippen MR) is 112 cm³/mol. The van der Waals surface area contributed by atoms with Gasteiger partial charge in [0, 0.05) is 28.7 Å². The highest BCUT2D eigenvalue weighted by Gasteiger charge is 2.35. The molecule has 2 amide bonds. The van der Waals surface area contributed by atoms with Gasteiger partial charge >= 0.3 is 0 Å². The number of benzene rings is 2. The number of anilines is 2. The maximum absolute atomic E-state index is 12.6. The monoisotopic (exact) mass is 452 g/mol. The van der Waals surface area contributed by atoms with Crippen LogP contribution < -0.4 is 10.2 Å². The van der Waals surface area contributed by atoms with Crippen LogP contribution in [-0.4, -0.2) is 33.4 Å². The first kappa shape index (κ1) is 19.1. The number of rotatable bonds is 4. The fraction of sp³-hybridized carbons (Fsp3) is 0.143. The molecule has 0 saturated carbocycles. The first-order valence-corrected chi connectivity index (χ1v) is 9.77. The lowest BCUT2D eigenvalue weighted by atomic mass is 10.1. The number of halogens is 1. The highest BCUT2D eigenvalue weighted by Crippen LogP contribution is 2.28. The van der Waals surface area contributed by atoms with Crippen LogP contribution in [0.15, 0.2) is 65.4 Å². The molecule has 2 heterocycles. The lowest BCUT2D eigenvalue weighted by Gasteiger charge is -2.17. The molecule has 146 valence electrons. The molecule has 1 aliphatic heterocycles. The van der Waals surface area contributed by atoms with E-state index < -0.39 is 5.92 Å². The summed E-state index contributed by atoms with van der Waals surface area (Å²) in [6.07, 6.45) is 3.17. The molecule has 1 atom stereocenters. The fourth-order valence-electron chi connectivity index (χ4n) is 3.21. The van der Waals surface area contributed by atoms with Gasteiger partial charge in [0.25, 0.3) is 0 Å². The molecule has 1 aromatic heterocycles. The molecule has 2 aromatic carbocycles. The molecule has 7 nitrogen and oxygen atoms in total. The second-order valence-corrected chi connectivity index (χ2v) is 7.64. The smallest absolute Gasteiger partial charge is 0.229 e. The highest BCUT2D eigenvalue weighted by atomic mass is 79.9. The first-order chi connectivity index (χ1) is 14.0. The van der Waals surface area contributed by atoms with Crippen molar-refractivity contribution < 1.29 is 14.7 Å². The van der Waals surface area contributed by atoms with Crippen molar-refractivity contribution in [2.24, 2.45) is 5.92 Å². The Bertz CT molecular complexity index is 1070. The molecule has 1 fully saturated rings. The van der Waals surface area contributed by atoms with Crippen LogP contribution >= 0.6 is 15.9 Å². The van der Waals surface area contributed by atoms with Gasteiger partial charge < -0.3 is 15.3 Å². The Morgan fingerprint density at radius 3 is 2.62 bits per heavy atom. The van der Waals surface area contributed by atoms with Crippen LogP contribution in [0, 0.1) is 5.92 Å². The number of hydrogen-bond donors (Lipinski definition) is 2. The lowest BCUT2D eigenvalue weighted by molar-refractivity contribution is -0.122. The molecular formula is C21H17BrN4O3. The molecule has 0 radical (unpaired) electrons. The molecule has 8 heteroatoms. The van der Waals surface area contributed by atoms with Crippen LogP contribution in [0.4, 0.5) is 11.4 Å². The Hall–Kier alpha value is -3.26. The molecule has 0 bridgehead atoms. The molecule has 1 unspecified atom stereocenters. The number of aromatic hydroxyl groups is 1. The van der Waals surface area contributed by atoms with Crippen molar-refractivity contribution in [2.75, 3.05) is 16.8 Å². The Kier molecular flexibility index (Phi) is 5.26. The average Bonchev–Trinajstić information content (AvgIpc) is 3.10. The van der Waals surface area contributed by atoms with Crippen molar-refractivity contribution >= 4 is 39.1 Å². The number of nitrogens with zero attached hydrogens (tertiary/aromatic N) is 3. The van der Waals surface area contributed by atoms with Crippen LogP contribution in [0.2, 0.25) is 0 Å². The Morgan fingerprint density at radius 1 is 1.14 bits per heavy atom. The highest BCUT2D eigenvalue weighted by molar-refractivity contribution is 9.10. The second-order valence-electron chi connectivity index (χ2n) is 6.72. The quantitative estimate of drug-likeness (QED) is 0.630. The van der Waals surface area contributed by atoms with Crippen molar-refractivity contribution in [3.8, 4) is 17.1 Å². The zero-order valence-electron chi connectivity index (χ0n) is 15.2. The van der Waals surface area contributed by atoms with Crippen molar-refractivity contribution in [3.05, 3.63) is 65.4 Å². The summed E-state index contributed by atoms with van der Waals surface area (Å²) in [6.45, 7) is 0.323. The van der Waals surface area contributed by atoms with Gasteiger partial charge in [-0.05, 0) is 30.3 Å². The SMILES string of the molecule is O=C(Nc1cnc(-c2cccc(O)c2)nc1)C1CC(=O)N(c2cccc(Br)c2)C1. The largest absolute Gasteiger partial charge is 0.508 e. The summed E-state index contributed by atoms with van der Waals surface area (Å²) in [5.74, 6) is -0.212. The summed E-state index contributed by atoms with van der Waals surface area (Å²) in [7, 11) is 0. The maximum Gasteiger partial charge on any atom is 0.229 e. The minimum absolute atomic E-state index is 0.0845. The standard InChI is InChI=1S/C21H17BrN4O3/c22-15-4-2-5-17(9-15)26-12-14(8-19(26)28)21(29)25-16-10-23-20(24-11-16)13-3-1-6-18(27)7-13/h1-7,9-11,14,27H,8,12H2,(H,25,29). The summed E-state index contributed by atoms with van der Waals surface area (Å²) >= 11 is 3.40. The molecule has 29 heavy (non-hydrogen) atoms. The van der Waals surface area contributed by atoms with Crippen molar-refractivity contribution in [2.45, 2.75) is 6.42 Å². The van der Waals surface area contributed by atoms with Gasteiger partial charge in [-0.1, -0.05) is 34.1 Å². The summed E-state index contributed by atoms with van der Waals surface area (Å²) in [6, 6.07) is 14.1. The number of hydrogen-bond acceptors (Lipinski definition) is 5. The fourth-order valence-corrected chi connectivity index (χ4v) is 3.59. The molecule has 1 aliphatic rings. The predicted octanol–water partition coefficient (Wildman–Crippen LogP) is 3.60. The van der Waals surface area contributed by atoms with Gasteiger partial charge in [-0.2, -0.15) is 0 Å². The average molecular weight is 453 g/mol. The van der Waals surface area contributed by atoms with E-state index in [4.69, 9.17) is 0 Å². The van der Waals surface area contributed by atoms with Gasteiger partial charge in [-0.25, -0.2) is 9.97 Å². The number of amides is 2. The molecule has 2 N–H and O–H groups in total. The summed E-state index contributed by atoms with van der Waals surface area (Å²) in [5.41, 5.74) is 1.89. The summed E-state index contributed by atoms with van der Waals surface area (Å²) in [4.78, 5) is 35.1. The third-order valence-electron chi connectivity index (χ3n) is 4.64. The minimum atomic E-state index is -0.452. The molecular weight excluding hydrogens is 436 g/mol. The number of nitrogens with one attached hydrogen (secondary N) is 1. The molecule has 0 aliphatic carbocycles. The van der Waals surface area contributed by atoms with E-state index in [-0.39, 0.29) is 24.0 Å². The molecule has 3 aromatic rings. The third-order valence-corrected chi connectivity index (χ3v) is 5.13. The van der Waals surface area contributed by atoms with Crippen LogP contribution in [0.25, 0.3) is 11.4 Å².